The van der Waals surface area contributed by atoms with E-state index in [1.165, 1.54) is 6.07 Å². The summed E-state index contributed by atoms with van der Waals surface area (Å²) >= 11 is 8.61. The molecule has 0 bridgehead atoms. The fraction of sp³-hybridized carbons (Fsp3) is 0.125. The van der Waals surface area contributed by atoms with E-state index in [1.54, 1.807) is 18.3 Å². The fourth-order valence-electron chi connectivity index (χ4n) is 2.69. The van der Waals surface area contributed by atoms with Crippen molar-refractivity contribution in [3.05, 3.63) is 67.8 Å². The number of nitriles is 1. The highest BCUT2D eigenvalue weighted by Crippen LogP contribution is 2.42. The van der Waals surface area contributed by atoms with Crippen LogP contribution in [0.4, 0.5) is 10.1 Å². The predicted octanol–water partition coefficient (Wildman–Crippen LogP) is 5.00. The first-order chi connectivity index (χ1) is 10.5. The number of aromatic nitrogens is 1. The number of pyridine rings is 1. The average Bonchev–Trinajstić information content (AvgIpc) is 2.49. The number of anilines is 1. The summed E-state index contributed by atoms with van der Waals surface area (Å²) in [6.45, 7) is 1.85. The third kappa shape index (κ3) is 2.36. The lowest BCUT2D eigenvalue weighted by Crippen LogP contribution is -2.18. The van der Waals surface area contributed by atoms with E-state index in [1.807, 2.05) is 13.0 Å². The van der Waals surface area contributed by atoms with Gasteiger partial charge in [0.2, 0.25) is 0 Å². The third-order valence-electron chi connectivity index (χ3n) is 3.70. The molecule has 110 valence electrons. The second-order valence-electron chi connectivity index (χ2n) is 5.02. The van der Waals surface area contributed by atoms with E-state index >= 15 is 0 Å². The Morgan fingerprint density at radius 2 is 2.14 bits per heavy atom. The monoisotopic (exact) mass is 375 g/mol. The van der Waals surface area contributed by atoms with Crippen LogP contribution in [0.15, 0.2) is 46.2 Å². The van der Waals surface area contributed by atoms with Crippen LogP contribution in [0.2, 0.25) is 0 Å². The number of H-pyrrole nitrogens is 1. The van der Waals surface area contributed by atoms with Gasteiger partial charge in [-0.2, -0.15) is 5.26 Å². The molecule has 1 atom stereocenters. The molecule has 1 aliphatic rings. The highest BCUT2D eigenvalue weighted by atomic mass is 79.9. The first kappa shape index (κ1) is 14.9. The van der Waals surface area contributed by atoms with Crippen molar-refractivity contribution < 1.29 is 4.39 Å². The number of fused-ring (bicyclic) bond motifs is 1. The van der Waals surface area contributed by atoms with E-state index in [4.69, 9.17) is 12.2 Å². The van der Waals surface area contributed by atoms with Crippen molar-refractivity contribution in [1.29, 1.82) is 5.26 Å². The van der Waals surface area contributed by atoms with Crippen molar-refractivity contribution in [3.63, 3.8) is 0 Å². The van der Waals surface area contributed by atoms with Gasteiger partial charge in [0.05, 0.1) is 22.0 Å². The molecule has 0 fully saturated rings. The maximum Gasteiger partial charge on any atom is 0.137 e. The molecule has 1 aromatic heterocycles. The van der Waals surface area contributed by atoms with E-state index in [0.717, 1.165) is 22.5 Å². The SMILES string of the molecule is CC1=C(C#N)C(c2ccc(F)c(Br)c2)c2c(cc[nH]c2=S)N1. The summed E-state index contributed by atoms with van der Waals surface area (Å²) in [5, 5.41) is 12.8. The zero-order valence-corrected chi connectivity index (χ0v) is 14.0. The Hall–Kier alpha value is -1.97. The summed E-state index contributed by atoms with van der Waals surface area (Å²) in [4.78, 5) is 3.00. The molecule has 2 aromatic rings. The van der Waals surface area contributed by atoms with Crippen LogP contribution < -0.4 is 5.32 Å². The largest absolute Gasteiger partial charge is 0.358 e. The van der Waals surface area contributed by atoms with Gasteiger partial charge in [-0.15, -0.1) is 0 Å². The summed E-state index contributed by atoms with van der Waals surface area (Å²) in [6, 6.07) is 8.91. The highest BCUT2D eigenvalue weighted by molar-refractivity contribution is 9.10. The van der Waals surface area contributed by atoms with E-state index in [-0.39, 0.29) is 11.7 Å². The van der Waals surface area contributed by atoms with Gasteiger partial charge < -0.3 is 10.3 Å². The molecule has 0 spiro atoms. The second kappa shape index (κ2) is 5.67. The van der Waals surface area contributed by atoms with Crippen molar-refractivity contribution in [1.82, 2.24) is 4.98 Å². The predicted molar refractivity (Wildman–Crippen MR) is 89.5 cm³/mol. The van der Waals surface area contributed by atoms with Crippen LogP contribution in [0, 0.1) is 21.8 Å². The Morgan fingerprint density at radius 3 is 2.82 bits per heavy atom. The minimum atomic E-state index is -0.338. The van der Waals surface area contributed by atoms with Crippen LogP contribution in [-0.4, -0.2) is 4.98 Å². The standard InChI is InChI=1S/C16H11BrFN3S/c1-8-10(7-19)14(9-2-3-12(18)11(17)6-9)15-13(21-8)4-5-20-16(15)22/h2-6,14,21H,1H3,(H,20,22). The smallest absolute Gasteiger partial charge is 0.137 e. The quantitative estimate of drug-likeness (QED) is 0.689. The van der Waals surface area contributed by atoms with Gasteiger partial charge in [0.1, 0.15) is 10.5 Å². The van der Waals surface area contributed by atoms with Gasteiger partial charge in [0.15, 0.2) is 0 Å². The Balaban J connectivity index is 2.30. The Labute approximate surface area is 140 Å². The number of nitrogens with one attached hydrogen (secondary N) is 2. The molecule has 0 amide bonds. The molecule has 1 unspecified atom stereocenters. The molecular weight excluding hydrogens is 365 g/mol. The van der Waals surface area contributed by atoms with Crippen molar-refractivity contribution in [2.24, 2.45) is 0 Å². The molecule has 0 saturated heterocycles. The number of rotatable bonds is 1. The lowest BCUT2D eigenvalue weighted by atomic mass is 9.82. The number of hydrogen-bond donors (Lipinski definition) is 2. The Bertz CT molecular complexity index is 895. The molecule has 0 radical (unpaired) electrons. The van der Waals surface area contributed by atoms with Crippen molar-refractivity contribution in [2.75, 3.05) is 5.32 Å². The molecule has 22 heavy (non-hydrogen) atoms. The maximum atomic E-state index is 13.5. The van der Waals surface area contributed by atoms with Crippen LogP contribution in [0.25, 0.3) is 0 Å². The maximum absolute atomic E-state index is 13.5. The number of hydrogen-bond acceptors (Lipinski definition) is 3. The summed E-state index contributed by atoms with van der Waals surface area (Å²) in [7, 11) is 0. The summed E-state index contributed by atoms with van der Waals surface area (Å²) in [6.07, 6.45) is 1.76. The molecule has 3 nitrogen and oxygen atoms in total. The van der Waals surface area contributed by atoms with Crippen LogP contribution in [-0.2, 0) is 0 Å². The van der Waals surface area contributed by atoms with E-state index in [2.05, 4.69) is 32.3 Å². The van der Waals surface area contributed by atoms with Crippen molar-refractivity contribution >= 4 is 33.8 Å². The Kier molecular flexibility index (Phi) is 3.85. The summed E-state index contributed by atoms with van der Waals surface area (Å²) in [5.41, 5.74) is 3.87. The molecule has 2 heterocycles. The topological polar surface area (TPSA) is 51.6 Å². The highest BCUT2D eigenvalue weighted by Gasteiger charge is 2.29. The molecule has 0 aliphatic carbocycles. The third-order valence-corrected chi connectivity index (χ3v) is 4.65. The average molecular weight is 376 g/mol. The normalized spacial score (nSPS) is 16.7. The summed E-state index contributed by atoms with van der Waals surface area (Å²) in [5.74, 6) is -0.654. The van der Waals surface area contributed by atoms with Gasteiger partial charge in [0.25, 0.3) is 0 Å². The number of halogens is 2. The molecular formula is C16H11BrFN3S. The first-order valence-corrected chi connectivity index (χ1v) is 7.77. The van der Waals surface area contributed by atoms with Gasteiger partial charge in [-0.25, -0.2) is 4.39 Å². The van der Waals surface area contributed by atoms with Crippen LogP contribution >= 0.6 is 28.1 Å². The number of aromatic amines is 1. The van der Waals surface area contributed by atoms with Gasteiger partial charge in [-0.1, -0.05) is 18.3 Å². The summed E-state index contributed by atoms with van der Waals surface area (Å²) < 4.78 is 14.5. The van der Waals surface area contributed by atoms with Gasteiger partial charge in [0, 0.05) is 23.1 Å². The first-order valence-electron chi connectivity index (χ1n) is 6.57. The minimum absolute atomic E-state index is 0.317. The lowest BCUT2D eigenvalue weighted by Gasteiger charge is -2.28. The number of nitrogens with zero attached hydrogens (tertiary/aromatic N) is 1. The van der Waals surface area contributed by atoms with Crippen LogP contribution in [0.5, 0.6) is 0 Å². The molecule has 1 aromatic carbocycles. The molecule has 0 saturated carbocycles. The van der Waals surface area contributed by atoms with Gasteiger partial charge >= 0.3 is 0 Å². The van der Waals surface area contributed by atoms with Crippen molar-refractivity contribution in [3.8, 4) is 6.07 Å². The van der Waals surface area contributed by atoms with Crippen LogP contribution in [0.1, 0.15) is 24.0 Å². The number of allylic oxidation sites excluding steroid dienone is 2. The van der Waals surface area contributed by atoms with Gasteiger partial charge in [-0.3, -0.25) is 0 Å². The van der Waals surface area contributed by atoms with Crippen LogP contribution in [0.3, 0.4) is 0 Å². The zero-order valence-electron chi connectivity index (χ0n) is 11.6. The molecule has 2 N–H and O–H groups in total. The van der Waals surface area contributed by atoms with E-state index in [0.29, 0.717) is 14.7 Å². The van der Waals surface area contributed by atoms with Crippen molar-refractivity contribution in [2.45, 2.75) is 12.8 Å². The lowest BCUT2D eigenvalue weighted by molar-refractivity contribution is 0.620. The minimum Gasteiger partial charge on any atom is -0.358 e. The van der Waals surface area contributed by atoms with E-state index in [9.17, 15) is 9.65 Å². The zero-order chi connectivity index (χ0) is 15.9. The second-order valence-corrected chi connectivity index (χ2v) is 6.28. The molecule has 3 rings (SSSR count). The van der Waals surface area contributed by atoms with E-state index < -0.39 is 0 Å². The van der Waals surface area contributed by atoms with Gasteiger partial charge in [-0.05, 0) is 46.6 Å². The molecule has 1 aliphatic heterocycles. The Morgan fingerprint density at radius 1 is 1.36 bits per heavy atom. The number of benzene rings is 1. The fourth-order valence-corrected chi connectivity index (χ4v) is 3.38. The molecule has 6 heteroatoms.